The normalized spacial score (nSPS) is 0. The molecule has 0 amide bonds. The molecule has 0 atom stereocenters. The molecule has 0 aromatic carbocycles. The van der Waals surface area contributed by atoms with Crippen molar-refractivity contribution < 1.29 is 91.1 Å². The summed E-state index contributed by atoms with van der Waals surface area (Å²) in [6, 6.07) is 0. The molecule has 0 bridgehead atoms. The Kier molecular flexibility index (Phi) is 403. The molecule has 0 aromatic rings. The molecular weight excluding hydrogens is 192 g/mol. The summed E-state index contributed by atoms with van der Waals surface area (Å²) in [5, 5.41) is 0. The molecule has 34 valence electrons. The van der Waals surface area contributed by atoms with E-state index in [1.165, 1.54) is 0 Å². The van der Waals surface area contributed by atoms with Gasteiger partial charge >= 0.3 is 58.2 Å². The maximum absolute atomic E-state index is 0. The SMILES string of the molecule is O.O.[Ni].[OH-].[Rb+]. The van der Waals surface area contributed by atoms with Gasteiger partial charge in [0.2, 0.25) is 0 Å². The molecule has 0 saturated heterocycles. The molecule has 5 heavy (non-hydrogen) atoms. The summed E-state index contributed by atoms with van der Waals surface area (Å²) in [5.74, 6) is 0. The van der Waals surface area contributed by atoms with Gasteiger partial charge in [-0.25, -0.2) is 0 Å². The molecule has 0 aliphatic heterocycles. The van der Waals surface area contributed by atoms with Crippen molar-refractivity contribution in [3.05, 3.63) is 0 Å². The second-order valence-corrected chi connectivity index (χ2v) is 0. The van der Waals surface area contributed by atoms with Gasteiger partial charge in [0.25, 0.3) is 0 Å². The van der Waals surface area contributed by atoms with E-state index in [-0.39, 0.29) is 91.1 Å². The number of rotatable bonds is 0. The molecule has 5 heteroatoms. The summed E-state index contributed by atoms with van der Waals surface area (Å²) in [6.07, 6.45) is 0. The Hall–Kier alpha value is 2.18. The van der Waals surface area contributed by atoms with E-state index in [4.69, 9.17) is 0 Å². The van der Waals surface area contributed by atoms with Crippen LogP contribution >= 0.6 is 0 Å². The zero-order chi connectivity index (χ0) is 0. The molecule has 0 rings (SSSR count). The van der Waals surface area contributed by atoms with Gasteiger partial charge in [0, 0.05) is 16.5 Å². The van der Waals surface area contributed by atoms with Crippen LogP contribution in [0.4, 0.5) is 0 Å². The molecule has 0 aliphatic carbocycles. The van der Waals surface area contributed by atoms with Crippen LogP contribution in [-0.2, 0) is 16.5 Å². The van der Waals surface area contributed by atoms with Crippen LogP contribution in [-0.4, -0.2) is 16.4 Å². The van der Waals surface area contributed by atoms with Gasteiger partial charge in [-0.1, -0.05) is 0 Å². The fourth-order valence-corrected chi connectivity index (χ4v) is 0. The van der Waals surface area contributed by atoms with Crippen molar-refractivity contribution in [2.75, 3.05) is 0 Å². The van der Waals surface area contributed by atoms with Gasteiger partial charge in [-0.2, -0.15) is 0 Å². The molecule has 5 N–H and O–H groups in total. The largest absolute Gasteiger partial charge is 1.00 e. The third kappa shape index (κ3) is 22.7. The van der Waals surface area contributed by atoms with E-state index < -0.39 is 0 Å². The van der Waals surface area contributed by atoms with E-state index in [0.717, 1.165) is 0 Å². The van der Waals surface area contributed by atoms with Crippen LogP contribution < -0.4 is 58.2 Å². The van der Waals surface area contributed by atoms with Crippen LogP contribution in [0.25, 0.3) is 0 Å². The Morgan fingerprint density at radius 1 is 0.800 bits per heavy atom. The zero-order valence-corrected chi connectivity index (χ0v) is 8.67. The van der Waals surface area contributed by atoms with Crippen molar-refractivity contribution in [1.29, 1.82) is 0 Å². The van der Waals surface area contributed by atoms with Crippen LogP contribution in [0.1, 0.15) is 0 Å². The topological polar surface area (TPSA) is 93.0 Å². The smallest absolute Gasteiger partial charge is 0.870 e. The molecule has 3 nitrogen and oxygen atoms in total. The van der Waals surface area contributed by atoms with Crippen molar-refractivity contribution in [3.63, 3.8) is 0 Å². The molecule has 0 saturated carbocycles. The number of hydrogen-bond donors (Lipinski definition) is 0. The van der Waals surface area contributed by atoms with Crippen LogP contribution in [0.15, 0.2) is 0 Å². The molecule has 0 radical (unpaired) electrons. The second-order valence-electron chi connectivity index (χ2n) is 0. The fourth-order valence-electron chi connectivity index (χ4n) is 0. The van der Waals surface area contributed by atoms with Crippen molar-refractivity contribution in [2.45, 2.75) is 0 Å². The number of hydrogen-bond acceptors (Lipinski definition) is 1. The molecule has 0 aliphatic rings. The van der Waals surface area contributed by atoms with Crippen LogP contribution in [0.5, 0.6) is 0 Å². The molecule has 0 spiro atoms. The summed E-state index contributed by atoms with van der Waals surface area (Å²) < 4.78 is 0. The average Bonchev–Trinajstić information content (AvgIpc) is 0. The quantitative estimate of drug-likeness (QED) is 0.358. The van der Waals surface area contributed by atoms with Crippen LogP contribution in [0.2, 0.25) is 0 Å². The minimum Gasteiger partial charge on any atom is -0.870 e. The van der Waals surface area contributed by atoms with E-state index in [0.29, 0.717) is 0 Å². The second kappa shape index (κ2) is 34.9. The first-order valence-electron chi connectivity index (χ1n) is 0. The maximum Gasteiger partial charge on any atom is 1.00 e. The summed E-state index contributed by atoms with van der Waals surface area (Å²) >= 11 is 0. The van der Waals surface area contributed by atoms with E-state index in [2.05, 4.69) is 0 Å². The van der Waals surface area contributed by atoms with Crippen molar-refractivity contribution in [1.82, 2.24) is 0 Å². The standard InChI is InChI=1S/Ni.3H2O.Rb/h;3*1H2;/q;;;;+1/p-1. The van der Waals surface area contributed by atoms with Crippen LogP contribution in [0, 0.1) is 0 Å². The molecule has 0 heterocycles. The first-order valence-corrected chi connectivity index (χ1v) is 0. The van der Waals surface area contributed by atoms with Gasteiger partial charge in [-0.3, -0.25) is 0 Å². The van der Waals surface area contributed by atoms with Gasteiger partial charge in [-0.05, 0) is 0 Å². The summed E-state index contributed by atoms with van der Waals surface area (Å²) in [6.45, 7) is 0. The van der Waals surface area contributed by atoms with Gasteiger partial charge < -0.3 is 16.4 Å². The summed E-state index contributed by atoms with van der Waals surface area (Å²) in [5.41, 5.74) is 0. The van der Waals surface area contributed by atoms with Crippen molar-refractivity contribution in [2.24, 2.45) is 0 Å². The monoisotopic (exact) mass is 196 g/mol. The van der Waals surface area contributed by atoms with E-state index in [1.807, 2.05) is 0 Å². The minimum atomic E-state index is 0. The Labute approximate surface area is 89.2 Å². The Balaban J connectivity index is 0. The average molecular weight is 197 g/mol. The Morgan fingerprint density at radius 2 is 0.800 bits per heavy atom. The van der Waals surface area contributed by atoms with Gasteiger partial charge in [-0.15, -0.1) is 0 Å². The zero-order valence-electron chi connectivity index (χ0n) is 2.76. The first-order chi connectivity index (χ1) is 0. The Morgan fingerprint density at radius 3 is 0.800 bits per heavy atom. The van der Waals surface area contributed by atoms with E-state index in [1.54, 1.807) is 0 Å². The fraction of sp³-hybridized carbons (Fsp3) is 0. The van der Waals surface area contributed by atoms with E-state index in [9.17, 15) is 0 Å². The third-order valence-electron chi connectivity index (χ3n) is 0. The predicted molar refractivity (Wildman–Crippen MR) is 9.16 cm³/mol. The minimum absolute atomic E-state index is 0. The summed E-state index contributed by atoms with van der Waals surface area (Å²) in [7, 11) is 0. The van der Waals surface area contributed by atoms with E-state index >= 15 is 0 Å². The summed E-state index contributed by atoms with van der Waals surface area (Å²) in [4.78, 5) is 0. The van der Waals surface area contributed by atoms with Crippen molar-refractivity contribution in [3.8, 4) is 0 Å². The van der Waals surface area contributed by atoms with Gasteiger partial charge in [0.1, 0.15) is 0 Å². The third-order valence-corrected chi connectivity index (χ3v) is 0. The van der Waals surface area contributed by atoms with Crippen molar-refractivity contribution >= 4 is 0 Å². The maximum atomic E-state index is 0. The van der Waals surface area contributed by atoms with Crippen LogP contribution in [0.3, 0.4) is 0 Å². The van der Waals surface area contributed by atoms with Gasteiger partial charge in [0.05, 0.1) is 0 Å². The molecule has 0 fully saturated rings. The molecule has 0 aromatic heterocycles. The molecule has 0 unspecified atom stereocenters. The van der Waals surface area contributed by atoms with Gasteiger partial charge in [0.15, 0.2) is 0 Å². The predicted octanol–water partition coefficient (Wildman–Crippen LogP) is -4.82. The molecular formula is H5NiO3Rb. The first kappa shape index (κ1) is 57.7. The Bertz CT molecular complexity index is 6.85.